The Labute approximate surface area is 249 Å². The lowest BCUT2D eigenvalue weighted by Gasteiger charge is -2.36. The molecule has 0 spiro atoms. The molecule has 0 aliphatic carbocycles. The zero-order valence-corrected chi connectivity index (χ0v) is 26.1. The molecular weight excluding hydrogens is 602 g/mol. The van der Waals surface area contributed by atoms with Crippen LogP contribution in [-0.4, -0.2) is 103 Å². The quantitative estimate of drug-likeness (QED) is 0.441. The summed E-state index contributed by atoms with van der Waals surface area (Å²) in [4.78, 5) is 28.7. The SMILES string of the molecule is CN1CCC(Oc2nc(N3CCN(C(=O)OC(C)(C)C)CC3)c3cc(Cl)c(Br)c(OC4CCOCC4)c3n2)CC1. The van der Waals surface area contributed by atoms with E-state index in [0.29, 0.717) is 66.2 Å². The zero-order chi connectivity index (χ0) is 28.4. The van der Waals surface area contributed by atoms with E-state index in [1.165, 1.54) is 0 Å². The van der Waals surface area contributed by atoms with Crippen LogP contribution in [-0.2, 0) is 9.47 Å². The van der Waals surface area contributed by atoms with Crippen LogP contribution in [0.15, 0.2) is 10.5 Å². The Bertz CT molecular complexity index is 1210. The largest absolute Gasteiger partial charge is 0.487 e. The summed E-state index contributed by atoms with van der Waals surface area (Å²) in [5.74, 6) is 1.32. The van der Waals surface area contributed by atoms with Crippen molar-refractivity contribution < 1.29 is 23.7 Å². The number of likely N-dealkylation sites (tertiary alicyclic amines) is 1. The molecule has 1 aromatic carbocycles. The molecular formula is C28H39BrClN5O5. The van der Waals surface area contributed by atoms with E-state index in [2.05, 4.69) is 32.8 Å². The number of carbonyl (C=O) groups is 1. The standard InChI is InChI=1S/C28H39BrClN5O5/c1-28(2,3)40-27(36)35-13-11-34(12-14-35)25-20-17-21(30)22(29)24(38-19-7-15-37-16-8-19)23(20)31-26(32-25)39-18-5-9-33(4)10-6-18/h17-19H,5-16H2,1-4H3. The first-order valence-corrected chi connectivity index (χ1v) is 15.3. The van der Waals surface area contributed by atoms with E-state index in [9.17, 15) is 4.79 Å². The Morgan fingerprint density at radius 2 is 1.65 bits per heavy atom. The maximum atomic E-state index is 12.7. The molecule has 0 saturated carbocycles. The van der Waals surface area contributed by atoms with Gasteiger partial charge in [0, 0.05) is 57.5 Å². The number of piperidine rings is 1. The number of carbonyl (C=O) groups excluding carboxylic acids is 1. The van der Waals surface area contributed by atoms with E-state index >= 15 is 0 Å². The first-order valence-electron chi connectivity index (χ1n) is 14.1. The van der Waals surface area contributed by atoms with Gasteiger partial charge in [0.25, 0.3) is 0 Å². The van der Waals surface area contributed by atoms with Crippen LogP contribution in [0.1, 0.15) is 46.5 Å². The highest BCUT2D eigenvalue weighted by molar-refractivity contribution is 9.10. The Hall–Kier alpha value is -2.08. The Balaban J connectivity index is 1.48. The fraction of sp³-hybridized carbons (Fsp3) is 0.679. The number of anilines is 1. The van der Waals surface area contributed by atoms with Crippen molar-refractivity contribution >= 4 is 50.3 Å². The van der Waals surface area contributed by atoms with E-state index in [1.807, 2.05) is 26.8 Å². The third-order valence-electron chi connectivity index (χ3n) is 7.42. The second-order valence-electron chi connectivity index (χ2n) is 11.7. The van der Waals surface area contributed by atoms with Crippen molar-refractivity contribution in [3.05, 3.63) is 15.6 Å². The summed E-state index contributed by atoms with van der Waals surface area (Å²) in [5, 5.41) is 1.31. The number of piperazine rings is 1. The number of amides is 1. The predicted molar refractivity (Wildman–Crippen MR) is 158 cm³/mol. The van der Waals surface area contributed by atoms with Crippen LogP contribution < -0.4 is 14.4 Å². The predicted octanol–water partition coefficient (Wildman–Crippen LogP) is 5.13. The van der Waals surface area contributed by atoms with Crippen molar-refractivity contribution in [3.63, 3.8) is 0 Å². The van der Waals surface area contributed by atoms with Gasteiger partial charge in [-0.05, 0) is 62.7 Å². The number of ether oxygens (including phenoxy) is 4. The molecule has 2 aromatic rings. The van der Waals surface area contributed by atoms with Crippen molar-refractivity contribution in [1.29, 1.82) is 0 Å². The molecule has 0 atom stereocenters. The summed E-state index contributed by atoms with van der Waals surface area (Å²) in [7, 11) is 2.12. The topological polar surface area (TPSA) is 89.5 Å². The minimum atomic E-state index is -0.539. The molecule has 5 rings (SSSR count). The smallest absolute Gasteiger partial charge is 0.410 e. The van der Waals surface area contributed by atoms with Gasteiger partial charge in [-0.3, -0.25) is 0 Å². The molecule has 1 aromatic heterocycles. The maximum absolute atomic E-state index is 12.7. The van der Waals surface area contributed by atoms with Gasteiger partial charge in [-0.15, -0.1) is 0 Å². The number of hydrogen-bond donors (Lipinski definition) is 0. The first-order chi connectivity index (χ1) is 19.1. The molecule has 40 heavy (non-hydrogen) atoms. The van der Waals surface area contributed by atoms with E-state index in [0.717, 1.165) is 50.0 Å². The number of nitrogens with zero attached hydrogens (tertiary/aromatic N) is 5. The van der Waals surface area contributed by atoms with Gasteiger partial charge in [0.1, 0.15) is 29.1 Å². The average Bonchev–Trinajstić information content (AvgIpc) is 2.92. The molecule has 1 amide bonds. The van der Waals surface area contributed by atoms with Crippen LogP contribution in [0, 0.1) is 0 Å². The third-order valence-corrected chi connectivity index (χ3v) is 8.74. The number of aromatic nitrogens is 2. The summed E-state index contributed by atoms with van der Waals surface area (Å²) in [5.41, 5.74) is 0.118. The second kappa shape index (κ2) is 12.4. The van der Waals surface area contributed by atoms with Gasteiger partial charge in [-0.2, -0.15) is 9.97 Å². The molecule has 3 saturated heterocycles. The molecule has 3 aliphatic heterocycles. The molecule has 0 radical (unpaired) electrons. The minimum absolute atomic E-state index is 0.000700. The highest BCUT2D eigenvalue weighted by Crippen LogP contribution is 2.43. The molecule has 220 valence electrons. The fourth-order valence-corrected chi connectivity index (χ4v) is 5.78. The number of benzene rings is 1. The van der Waals surface area contributed by atoms with Gasteiger partial charge in [-0.1, -0.05) is 11.6 Å². The van der Waals surface area contributed by atoms with Crippen molar-refractivity contribution in [2.45, 2.75) is 64.3 Å². The lowest BCUT2D eigenvalue weighted by molar-refractivity contribution is 0.0239. The van der Waals surface area contributed by atoms with Crippen LogP contribution in [0.3, 0.4) is 0 Å². The second-order valence-corrected chi connectivity index (χ2v) is 12.9. The number of rotatable bonds is 5. The summed E-state index contributed by atoms with van der Waals surface area (Å²) < 4.78 is 24.7. The van der Waals surface area contributed by atoms with Crippen LogP contribution >= 0.6 is 27.5 Å². The molecule has 0 N–H and O–H groups in total. The molecule has 10 nitrogen and oxygen atoms in total. The Kier molecular flexibility index (Phi) is 9.14. The van der Waals surface area contributed by atoms with Gasteiger partial charge >= 0.3 is 12.1 Å². The lowest BCUT2D eigenvalue weighted by Crippen LogP contribution is -2.50. The normalized spacial score (nSPS) is 20.1. The fourth-order valence-electron chi connectivity index (χ4n) is 5.19. The molecule has 0 bridgehead atoms. The van der Waals surface area contributed by atoms with E-state index in [4.69, 9.17) is 40.5 Å². The Morgan fingerprint density at radius 3 is 2.30 bits per heavy atom. The van der Waals surface area contributed by atoms with Gasteiger partial charge in [0.2, 0.25) is 0 Å². The van der Waals surface area contributed by atoms with Crippen LogP contribution in [0.5, 0.6) is 11.8 Å². The van der Waals surface area contributed by atoms with Crippen molar-refractivity contribution in [1.82, 2.24) is 19.8 Å². The van der Waals surface area contributed by atoms with Gasteiger partial charge in [0.15, 0.2) is 5.75 Å². The minimum Gasteiger partial charge on any atom is -0.487 e. The van der Waals surface area contributed by atoms with Crippen molar-refractivity contribution in [2.75, 3.05) is 64.4 Å². The highest BCUT2D eigenvalue weighted by Gasteiger charge is 2.30. The molecule has 0 unspecified atom stereocenters. The summed E-state index contributed by atoms with van der Waals surface area (Å²) in [6.07, 6.45) is 3.16. The highest BCUT2D eigenvalue weighted by atomic mass is 79.9. The van der Waals surface area contributed by atoms with Gasteiger partial charge in [0.05, 0.1) is 22.7 Å². The van der Waals surface area contributed by atoms with E-state index in [-0.39, 0.29) is 18.3 Å². The van der Waals surface area contributed by atoms with Crippen LogP contribution in [0.2, 0.25) is 5.02 Å². The number of halogens is 2. The Morgan fingerprint density at radius 1 is 1.00 bits per heavy atom. The average molecular weight is 641 g/mol. The monoisotopic (exact) mass is 639 g/mol. The molecule has 4 heterocycles. The van der Waals surface area contributed by atoms with Crippen molar-refractivity contribution in [2.24, 2.45) is 0 Å². The molecule has 3 aliphatic rings. The van der Waals surface area contributed by atoms with Gasteiger partial charge in [-0.25, -0.2) is 4.79 Å². The molecule has 12 heteroatoms. The maximum Gasteiger partial charge on any atom is 0.410 e. The van der Waals surface area contributed by atoms with Crippen LogP contribution in [0.25, 0.3) is 10.9 Å². The summed E-state index contributed by atoms with van der Waals surface area (Å²) >= 11 is 10.4. The van der Waals surface area contributed by atoms with Crippen LogP contribution in [0.4, 0.5) is 10.6 Å². The summed E-state index contributed by atoms with van der Waals surface area (Å²) in [6.45, 7) is 11.1. The summed E-state index contributed by atoms with van der Waals surface area (Å²) in [6, 6.07) is 2.21. The van der Waals surface area contributed by atoms with Crippen molar-refractivity contribution in [3.8, 4) is 11.8 Å². The number of fused-ring (bicyclic) bond motifs is 1. The first kappa shape index (κ1) is 29.4. The van der Waals surface area contributed by atoms with E-state index in [1.54, 1.807) is 4.90 Å². The lowest BCUT2D eigenvalue weighted by atomic mass is 10.1. The van der Waals surface area contributed by atoms with Gasteiger partial charge < -0.3 is 33.6 Å². The zero-order valence-electron chi connectivity index (χ0n) is 23.8. The molecule has 3 fully saturated rings. The van der Waals surface area contributed by atoms with E-state index < -0.39 is 5.60 Å². The number of hydrogen-bond acceptors (Lipinski definition) is 9. The third kappa shape index (κ3) is 7.03.